The average Bonchev–Trinajstić information content (AvgIpc) is 3.16. The van der Waals surface area contributed by atoms with Crippen LogP contribution in [-0.2, 0) is 22.0 Å². The molecule has 3 rings (SSSR count). The van der Waals surface area contributed by atoms with Gasteiger partial charge in [-0.3, -0.25) is 0 Å². The van der Waals surface area contributed by atoms with Crippen molar-refractivity contribution in [2.45, 2.75) is 25.0 Å². The molecule has 0 aliphatic carbocycles. The van der Waals surface area contributed by atoms with Crippen LogP contribution in [0.25, 0.3) is 10.6 Å². The summed E-state index contributed by atoms with van der Waals surface area (Å²) in [6, 6.07) is 8.32. The third-order valence-corrected chi connectivity index (χ3v) is 4.45. The lowest BCUT2D eigenvalue weighted by Crippen LogP contribution is -2.11. The summed E-state index contributed by atoms with van der Waals surface area (Å²) in [7, 11) is 0. The van der Waals surface area contributed by atoms with E-state index in [2.05, 4.69) is 23.2 Å². The molecule has 0 saturated carbocycles. The van der Waals surface area contributed by atoms with Crippen molar-refractivity contribution in [3.05, 3.63) is 40.9 Å². The van der Waals surface area contributed by atoms with Gasteiger partial charge >= 0.3 is 0 Å². The number of benzene rings is 1. The van der Waals surface area contributed by atoms with E-state index in [0.717, 1.165) is 34.9 Å². The Morgan fingerprint density at radius 1 is 1.45 bits per heavy atom. The topological polar surface area (TPSA) is 31.4 Å². The van der Waals surface area contributed by atoms with Gasteiger partial charge in [0.15, 0.2) is 0 Å². The highest BCUT2D eigenvalue weighted by Crippen LogP contribution is 2.25. The molecular formula is C15H16ClNO2S. The summed E-state index contributed by atoms with van der Waals surface area (Å²) in [6.45, 7) is 2.14. The highest BCUT2D eigenvalue weighted by atomic mass is 35.5. The highest BCUT2D eigenvalue weighted by molar-refractivity contribution is 7.13. The lowest BCUT2D eigenvalue weighted by Gasteiger charge is -2.10. The lowest BCUT2D eigenvalue weighted by molar-refractivity contribution is 0.0318. The van der Waals surface area contributed by atoms with Crippen molar-refractivity contribution in [3.8, 4) is 10.6 Å². The summed E-state index contributed by atoms with van der Waals surface area (Å²) >= 11 is 7.42. The Hall–Kier alpha value is -0.940. The van der Waals surface area contributed by atoms with E-state index in [1.54, 1.807) is 11.3 Å². The third-order valence-electron chi connectivity index (χ3n) is 3.24. The standard InChI is InChI=1S/C15H16ClNO2S/c16-7-13-10-20-15(17-13)12-3-1-2-11(6-12)8-19-14-4-5-18-9-14/h1-3,6,10,14H,4-5,7-9H2. The van der Waals surface area contributed by atoms with Gasteiger partial charge in [0.25, 0.3) is 0 Å². The van der Waals surface area contributed by atoms with Gasteiger partial charge in [0, 0.05) is 17.6 Å². The number of hydrogen-bond acceptors (Lipinski definition) is 4. The molecule has 3 nitrogen and oxygen atoms in total. The molecule has 2 heterocycles. The second-order valence-electron chi connectivity index (χ2n) is 4.77. The Bertz CT molecular complexity index is 567. The first-order valence-electron chi connectivity index (χ1n) is 6.64. The molecular weight excluding hydrogens is 294 g/mol. The summed E-state index contributed by atoms with van der Waals surface area (Å²) in [5.74, 6) is 0.459. The fourth-order valence-corrected chi connectivity index (χ4v) is 3.20. The minimum atomic E-state index is 0.237. The average molecular weight is 310 g/mol. The van der Waals surface area contributed by atoms with Gasteiger partial charge in [0.05, 0.1) is 30.9 Å². The molecule has 0 bridgehead atoms. The van der Waals surface area contributed by atoms with E-state index in [-0.39, 0.29) is 6.10 Å². The minimum Gasteiger partial charge on any atom is -0.379 e. The molecule has 5 heteroatoms. The number of halogens is 1. The highest BCUT2D eigenvalue weighted by Gasteiger charge is 2.16. The summed E-state index contributed by atoms with van der Waals surface area (Å²) in [5.41, 5.74) is 3.21. The van der Waals surface area contributed by atoms with Crippen molar-refractivity contribution in [2.24, 2.45) is 0 Å². The molecule has 1 aliphatic heterocycles. The van der Waals surface area contributed by atoms with Crippen molar-refractivity contribution >= 4 is 22.9 Å². The van der Waals surface area contributed by atoms with E-state index in [1.807, 2.05) is 11.4 Å². The SMILES string of the molecule is ClCc1csc(-c2cccc(COC3CCOC3)c2)n1. The zero-order valence-corrected chi connectivity index (χ0v) is 12.6. The molecule has 2 aromatic rings. The summed E-state index contributed by atoms with van der Waals surface area (Å²) in [6.07, 6.45) is 1.23. The Morgan fingerprint density at radius 2 is 2.40 bits per heavy atom. The number of hydrogen-bond donors (Lipinski definition) is 0. The van der Waals surface area contributed by atoms with E-state index in [4.69, 9.17) is 21.1 Å². The predicted molar refractivity (Wildman–Crippen MR) is 81.1 cm³/mol. The lowest BCUT2D eigenvalue weighted by atomic mass is 10.1. The fraction of sp³-hybridized carbons (Fsp3) is 0.400. The quantitative estimate of drug-likeness (QED) is 0.786. The number of ether oxygens (including phenoxy) is 2. The van der Waals surface area contributed by atoms with E-state index >= 15 is 0 Å². The van der Waals surface area contributed by atoms with E-state index in [1.165, 1.54) is 0 Å². The van der Waals surface area contributed by atoms with Gasteiger partial charge in [0.2, 0.25) is 0 Å². The summed E-state index contributed by atoms with van der Waals surface area (Å²) < 4.78 is 11.2. The number of alkyl halides is 1. The first kappa shape index (κ1) is 14.0. The molecule has 1 aromatic heterocycles. The minimum absolute atomic E-state index is 0.237. The maximum atomic E-state index is 5.84. The van der Waals surface area contributed by atoms with Crippen LogP contribution in [-0.4, -0.2) is 24.3 Å². The van der Waals surface area contributed by atoms with Crippen LogP contribution >= 0.6 is 22.9 Å². The van der Waals surface area contributed by atoms with Crippen LogP contribution < -0.4 is 0 Å². The molecule has 0 spiro atoms. The van der Waals surface area contributed by atoms with E-state index < -0.39 is 0 Å². The summed E-state index contributed by atoms with van der Waals surface area (Å²) in [5, 5.41) is 3.01. The van der Waals surface area contributed by atoms with Crippen LogP contribution in [0.15, 0.2) is 29.6 Å². The number of nitrogens with zero attached hydrogens (tertiary/aromatic N) is 1. The Labute approximate surface area is 127 Å². The summed E-state index contributed by atoms with van der Waals surface area (Å²) in [4.78, 5) is 4.50. The van der Waals surface area contributed by atoms with Gasteiger partial charge in [-0.05, 0) is 18.1 Å². The maximum Gasteiger partial charge on any atom is 0.123 e. The van der Waals surface area contributed by atoms with E-state index in [9.17, 15) is 0 Å². The molecule has 20 heavy (non-hydrogen) atoms. The Balaban J connectivity index is 1.68. The molecule has 106 valence electrons. The molecule has 1 aromatic carbocycles. The second kappa shape index (κ2) is 6.68. The molecule has 1 fully saturated rings. The molecule has 1 saturated heterocycles. The molecule has 1 unspecified atom stereocenters. The van der Waals surface area contributed by atoms with Gasteiger partial charge in [-0.2, -0.15) is 0 Å². The van der Waals surface area contributed by atoms with Crippen LogP contribution in [0.5, 0.6) is 0 Å². The van der Waals surface area contributed by atoms with Crippen molar-refractivity contribution in [2.75, 3.05) is 13.2 Å². The fourth-order valence-electron chi connectivity index (χ4n) is 2.15. The Morgan fingerprint density at radius 3 is 3.15 bits per heavy atom. The van der Waals surface area contributed by atoms with Crippen molar-refractivity contribution in [3.63, 3.8) is 0 Å². The largest absolute Gasteiger partial charge is 0.379 e. The van der Waals surface area contributed by atoms with E-state index in [0.29, 0.717) is 19.1 Å². The molecule has 0 radical (unpaired) electrons. The van der Waals surface area contributed by atoms with Crippen molar-refractivity contribution in [1.29, 1.82) is 0 Å². The zero-order chi connectivity index (χ0) is 13.8. The van der Waals surface area contributed by atoms with Crippen molar-refractivity contribution in [1.82, 2.24) is 4.98 Å². The van der Waals surface area contributed by atoms with Crippen molar-refractivity contribution < 1.29 is 9.47 Å². The molecule has 0 amide bonds. The number of thiazole rings is 1. The molecule has 0 N–H and O–H groups in total. The first-order valence-corrected chi connectivity index (χ1v) is 8.05. The van der Waals surface area contributed by atoms with Gasteiger partial charge in [-0.15, -0.1) is 22.9 Å². The van der Waals surface area contributed by atoms with Crippen LogP contribution in [0, 0.1) is 0 Å². The number of aromatic nitrogens is 1. The normalized spacial score (nSPS) is 18.6. The van der Waals surface area contributed by atoms with Gasteiger partial charge in [-0.1, -0.05) is 18.2 Å². The second-order valence-corrected chi connectivity index (χ2v) is 5.90. The molecule has 1 atom stereocenters. The predicted octanol–water partition coefficient (Wildman–Crippen LogP) is 3.85. The Kier molecular flexibility index (Phi) is 4.68. The van der Waals surface area contributed by atoms with Crippen LogP contribution in [0.4, 0.5) is 0 Å². The van der Waals surface area contributed by atoms with Gasteiger partial charge in [0.1, 0.15) is 5.01 Å². The van der Waals surface area contributed by atoms with Crippen LogP contribution in [0.1, 0.15) is 17.7 Å². The number of rotatable bonds is 5. The van der Waals surface area contributed by atoms with Gasteiger partial charge in [-0.25, -0.2) is 4.98 Å². The van der Waals surface area contributed by atoms with Gasteiger partial charge < -0.3 is 9.47 Å². The zero-order valence-electron chi connectivity index (χ0n) is 11.0. The first-order chi connectivity index (χ1) is 9.85. The monoisotopic (exact) mass is 309 g/mol. The molecule has 1 aliphatic rings. The smallest absolute Gasteiger partial charge is 0.123 e. The third kappa shape index (κ3) is 3.38. The van der Waals surface area contributed by atoms with Crippen LogP contribution in [0.2, 0.25) is 0 Å². The maximum absolute atomic E-state index is 5.84. The van der Waals surface area contributed by atoms with Crippen LogP contribution in [0.3, 0.4) is 0 Å².